The Morgan fingerprint density at radius 1 is 1.10 bits per heavy atom. The van der Waals surface area contributed by atoms with E-state index in [1.165, 1.54) is 0 Å². The molecule has 1 aliphatic rings. The lowest BCUT2D eigenvalue weighted by molar-refractivity contribution is -0.588. The number of alkyl halides is 1. The number of benzene rings is 2. The van der Waals surface area contributed by atoms with Gasteiger partial charge in [-0.15, -0.1) is 0 Å². The van der Waals surface area contributed by atoms with Crippen molar-refractivity contribution in [3.63, 3.8) is 0 Å². The van der Waals surface area contributed by atoms with Crippen molar-refractivity contribution in [3.05, 3.63) is 80.9 Å². The number of hydrogen-bond acceptors (Lipinski definition) is 3. The maximum Gasteiger partial charge on any atom is 0.404 e. The molecule has 0 spiro atoms. The predicted octanol–water partition coefficient (Wildman–Crippen LogP) is 1.78. The second kappa shape index (κ2) is 4.52. The van der Waals surface area contributed by atoms with Crippen LogP contribution in [0.2, 0.25) is 0 Å². The molecule has 0 saturated carbocycles. The van der Waals surface area contributed by atoms with Crippen LogP contribution >= 0.6 is 0 Å². The number of rotatable bonds is 2. The molecule has 2 aromatic rings. The van der Waals surface area contributed by atoms with Crippen LogP contribution in [0.1, 0.15) is 11.6 Å². The predicted molar refractivity (Wildman–Crippen MR) is 71.7 cm³/mol. The molecule has 0 bridgehead atoms. The van der Waals surface area contributed by atoms with E-state index in [1.54, 1.807) is 54.6 Å². The molecule has 3 rings (SSSR count). The van der Waals surface area contributed by atoms with Crippen molar-refractivity contribution in [2.24, 2.45) is 4.99 Å². The third-order valence-electron chi connectivity index (χ3n) is 3.34. The van der Waals surface area contributed by atoms with E-state index >= 15 is 0 Å². The molecule has 0 aliphatic carbocycles. The zero-order chi connectivity index (χ0) is 14.2. The largest absolute Gasteiger partial charge is 0.404 e. The van der Waals surface area contributed by atoms with Gasteiger partial charge in [-0.1, -0.05) is 48.5 Å². The Labute approximate surface area is 114 Å². The average Bonchev–Trinajstić information content (AvgIpc) is 2.47. The Bertz CT molecular complexity index is 776. The van der Waals surface area contributed by atoms with Crippen molar-refractivity contribution in [2.75, 3.05) is 0 Å². The van der Waals surface area contributed by atoms with Gasteiger partial charge in [0, 0.05) is 11.3 Å². The second-order valence-corrected chi connectivity index (χ2v) is 4.63. The molecule has 0 N–H and O–H groups in total. The summed E-state index contributed by atoms with van der Waals surface area (Å²) in [6.07, 6.45) is 1.05. The molecule has 2 unspecified atom stereocenters. The Morgan fingerprint density at radius 3 is 2.45 bits per heavy atom. The van der Waals surface area contributed by atoms with E-state index in [0.717, 1.165) is 6.08 Å². The summed E-state index contributed by atoms with van der Waals surface area (Å²) in [6.45, 7) is 0. The van der Waals surface area contributed by atoms with E-state index in [4.69, 9.17) is 0 Å². The van der Waals surface area contributed by atoms with Crippen molar-refractivity contribution < 1.29 is 9.31 Å². The first-order chi connectivity index (χ1) is 9.61. The SMILES string of the molecule is O=[N+]([O-])C1(F)C=c2ccccc2=NC1c1ccccc1. The number of nitro groups is 1. The van der Waals surface area contributed by atoms with Gasteiger partial charge in [-0.3, -0.25) is 15.1 Å². The van der Waals surface area contributed by atoms with Gasteiger partial charge >= 0.3 is 5.79 Å². The lowest BCUT2D eigenvalue weighted by atomic mass is 9.94. The zero-order valence-corrected chi connectivity index (χ0v) is 10.4. The number of hydrogen-bond donors (Lipinski definition) is 0. The first kappa shape index (κ1) is 12.5. The maximum absolute atomic E-state index is 14.9. The van der Waals surface area contributed by atoms with Crippen molar-refractivity contribution in [1.82, 2.24) is 0 Å². The molecule has 20 heavy (non-hydrogen) atoms. The first-order valence-electron chi connectivity index (χ1n) is 6.15. The summed E-state index contributed by atoms with van der Waals surface area (Å²) in [5.74, 6) is -2.73. The monoisotopic (exact) mass is 270 g/mol. The lowest BCUT2D eigenvalue weighted by Gasteiger charge is -2.23. The smallest absolute Gasteiger partial charge is 0.265 e. The third kappa shape index (κ3) is 1.87. The van der Waals surface area contributed by atoms with Crippen LogP contribution in [-0.2, 0) is 0 Å². The molecule has 0 aromatic heterocycles. The average molecular weight is 270 g/mol. The standard InChI is InChI=1S/C15H11FN2O2/c16-15(18(19)20)10-12-8-4-5-9-13(12)17-14(15)11-6-2-1-3-7-11/h1-10,14H. The Morgan fingerprint density at radius 2 is 1.75 bits per heavy atom. The summed E-state index contributed by atoms with van der Waals surface area (Å²) in [5, 5.41) is 12.2. The van der Waals surface area contributed by atoms with E-state index in [1.807, 2.05) is 0 Å². The van der Waals surface area contributed by atoms with E-state index in [9.17, 15) is 14.5 Å². The van der Waals surface area contributed by atoms with Crippen LogP contribution in [0.5, 0.6) is 0 Å². The van der Waals surface area contributed by atoms with Crippen LogP contribution in [0.25, 0.3) is 6.08 Å². The summed E-state index contributed by atoms with van der Waals surface area (Å²) >= 11 is 0. The molecule has 2 atom stereocenters. The van der Waals surface area contributed by atoms with E-state index < -0.39 is 16.8 Å². The summed E-state index contributed by atoms with van der Waals surface area (Å²) < 4.78 is 14.9. The first-order valence-corrected chi connectivity index (χ1v) is 6.15. The topological polar surface area (TPSA) is 55.5 Å². The Balaban J connectivity index is 2.27. The fraction of sp³-hybridized carbons (Fsp3) is 0.133. The normalized spacial score (nSPS) is 24.1. The number of para-hydroxylation sites is 1. The van der Waals surface area contributed by atoms with Crippen LogP contribution in [0.15, 0.2) is 59.6 Å². The maximum atomic E-state index is 14.9. The summed E-state index contributed by atoms with van der Waals surface area (Å²) in [4.78, 5) is 14.5. The molecular weight excluding hydrogens is 259 g/mol. The van der Waals surface area contributed by atoms with E-state index in [0.29, 0.717) is 16.1 Å². The van der Waals surface area contributed by atoms with Crippen LogP contribution in [0.4, 0.5) is 4.39 Å². The number of fused-ring (bicyclic) bond motifs is 1. The molecule has 0 fully saturated rings. The van der Waals surface area contributed by atoms with E-state index in [-0.39, 0.29) is 0 Å². The highest BCUT2D eigenvalue weighted by molar-refractivity contribution is 5.40. The zero-order valence-electron chi connectivity index (χ0n) is 10.4. The summed E-state index contributed by atoms with van der Waals surface area (Å²) in [7, 11) is 0. The fourth-order valence-electron chi connectivity index (χ4n) is 2.35. The van der Waals surface area contributed by atoms with Gasteiger partial charge in [0.25, 0.3) is 0 Å². The fourth-order valence-corrected chi connectivity index (χ4v) is 2.35. The molecule has 0 radical (unpaired) electrons. The van der Waals surface area contributed by atoms with Crippen LogP contribution < -0.4 is 10.6 Å². The van der Waals surface area contributed by atoms with Gasteiger partial charge in [0.1, 0.15) is 0 Å². The van der Waals surface area contributed by atoms with Gasteiger partial charge in [-0.25, -0.2) is 0 Å². The molecule has 4 nitrogen and oxygen atoms in total. The second-order valence-electron chi connectivity index (χ2n) is 4.63. The van der Waals surface area contributed by atoms with Gasteiger partial charge in [0.2, 0.25) is 0 Å². The minimum absolute atomic E-state index is 0.443. The van der Waals surface area contributed by atoms with Gasteiger partial charge in [0.15, 0.2) is 6.04 Å². The van der Waals surface area contributed by atoms with Crippen molar-refractivity contribution in [1.29, 1.82) is 0 Å². The van der Waals surface area contributed by atoms with Crippen molar-refractivity contribution in [3.8, 4) is 0 Å². The molecule has 2 aromatic carbocycles. The highest BCUT2D eigenvalue weighted by Gasteiger charge is 2.51. The van der Waals surface area contributed by atoms with Crippen LogP contribution in [0.3, 0.4) is 0 Å². The number of nitrogens with zero attached hydrogens (tertiary/aromatic N) is 2. The quantitative estimate of drug-likeness (QED) is 0.474. The Kier molecular flexibility index (Phi) is 2.82. The molecule has 1 aliphatic heterocycles. The van der Waals surface area contributed by atoms with Crippen molar-refractivity contribution in [2.45, 2.75) is 11.8 Å². The van der Waals surface area contributed by atoms with Gasteiger partial charge in [-0.05, 0) is 11.6 Å². The van der Waals surface area contributed by atoms with Crippen LogP contribution in [0, 0.1) is 10.1 Å². The van der Waals surface area contributed by atoms with Crippen molar-refractivity contribution >= 4 is 6.08 Å². The lowest BCUT2D eigenvalue weighted by Crippen LogP contribution is -2.45. The summed E-state index contributed by atoms with van der Waals surface area (Å²) in [5.41, 5.74) is 0.484. The Hall–Kier alpha value is -2.56. The van der Waals surface area contributed by atoms with E-state index in [2.05, 4.69) is 4.99 Å². The molecular formula is C15H11FN2O2. The highest BCUT2D eigenvalue weighted by atomic mass is 19.1. The minimum Gasteiger partial charge on any atom is -0.265 e. The van der Waals surface area contributed by atoms with Crippen LogP contribution in [-0.4, -0.2) is 10.7 Å². The molecule has 0 amide bonds. The van der Waals surface area contributed by atoms with Gasteiger partial charge in [0.05, 0.1) is 10.3 Å². The molecule has 5 heteroatoms. The van der Waals surface area contributed by atoms with Gasteiger partial charge < -0.3 is 0 Å². The third-order valence-corrected chi connectivity index (χ3v) is 3.34. The summed E-state index contributed by atoms with van der Waals surface area (Å²) in [6, 6.07) is 14.1. The highest BCUT2D eigenvalue weighted by Crippen LogP contribution is 2.35. The molecule has 1 heterocycles. The van der Waals surface area contributed by atoms with Gasteiger partial charge in [-0.2, -0.15) is 4.39 Å². The number of halogens is 1. The molecule has 0 saturated heterocycles. The molecule has 100 valence electrons. The minimum atomic E-state index is -2.73.